The fraction of sp³-hybridized carbons (Fsp3) is 0.222. The van der Waals surface area contributed by atoms with Crippen LogP contribution in [0.2, 0.25) is 0 Å². The van der Waals surface area contributed by atoms with Crippen molar-refractivity contribution in [1.82, 2.24) is 9.78 Å². The summed E-state index contributed by atoms with van der Waals surface area (Å²) in [5.41, 5.74) is 0.760. The molecular weight excluding hydrogens is 326 g/mol. The SMILES string of the molecule is Cc1cc(NS(=O)(=O)c2sccc2Br)n(C)n1. The molecule has 0 amide bonds. The third-order valence-electron chi connectivity index (χ3n) is 2.07. The Balaban J connectivity index is 2.36. The molecule has 0 radical (unpaired) electrons. The highest BCUT2D eigenvalue weighted by Gasteiger charge is 2.20. The number of halogens is 1. The van der Waals surface area contributed by atoms with Gasteiger partial charge in [-0.3, -0.25) is 9.40 Å². The summed E-state index contributed by atoms with van der Waals surface area (Å²) in [6.07, 6.45) is 0. The van der Waals surface area contributed by atoms with E-state index in [9.17, 15) is 8.42 Å². The molecular formula is C9H10BrN3O2S2. The summed E-state index contributed by atoms with van der Waals surface area (Å²) in [7, 11) is -1.86. The van der Waals surface area contributed by atoms with Gasteiger partial charge in [-0.25, -0.2) is 8.42 Å². The van der Waals surface area contributed by atoms with Gasteiger partial charge in [0.15, 0.2) is 4.21 Å². The summed E-state index contributed by atoms with van der Waals surface area (Å²) in [6, 6.07) is 3.38. The molecule has 2 heterocycles. The smallest absolute Gasteiger partial charge is 0.263 e. The predicted octanol–water partition coefficient (Wildman–Crippen LogP) is 2.35. The van der Waals surface area contributed by atoms with Crippen molar-refractivity contribution < 1.29 is 8.42 Å². The molecule has 0 aliphatic rings. The van der Waals surface area contributed by atoms with Crippen LogP contribution in [0.25, 0.3) is 0 Å². The maximum absolute atomic E-state index is 12.1. The number of rotatable bonds is 3. The first-order valence-corrected chi connectivity index (χ1v) is 7.82. The number of anilines is 1. The summed E-state index contributed by atoms with van der Waals surface area (Å²) in [6.45, 7) is 1.80. The number of nitrogens with one attached hydrogen (secondary N) is 1. The lowest BCUT2D eigenvalue weighted by Crippen LogP contribution is -2.14. The highest BCUT2D eigenvalue weighted by Crippen LogP contribution is 2.29. The second kappa shape index (κ2) is 4.43. The molecule has 2 aromatic rings. The van der Waals surface area contributed by atoms with E-state index in [1.165, 1.54) is 4.68 Å². The van der Waals surface area contributed by atoms with Gasteiger partial charge in [-0.1, -0.05) is 0 Å². The molecule has 17 heavy (non-hydrogen) atoms. The number of aryl methyl sites for hydroxylation is 2. The zero-order chi connectivity index (χ0) is 12.6. The first kappa shape index (κ1) is 12.6. The Hall–Kier alpha value is -0.860. The van der Waals surface area contributed by atoms with Gasteiger partial charge < -0.3 is 0 Å². The van der Waals surface area contributed by atoms with Crippen molar-refractivity contribution in [2.45, 2.75) is 11.1 Å². The zero-order valence-electron chi connectivity index (χ0n) is 9.14. The number of nitrogens with zero attached hydrogens (tertiary/aromatic N) is 2. The minimum absolute atomic E-state index is 0.261. The Morgan fingerprint density at radius 2 is 2.24 bits per heavy atom. The molecule has 2 rings (SSSR count). The van der Waals surface area contributed by atoms with Gasteiger partial charge in [-0.2, -0.15) is 5.10 Å². The molecule has 0 aliphatic carbocycles. The molecule has 2 aromatic heterocycles. The number of hydrogen-bond donors (Lipinski definition) is 1. The molecule has 0 saturated heterocycles. The van der Waals surface area contributed by atoms with E-state index in [-0.39, 0.29) is 4.21 Å². The molecule has 0 spiro atoms. The molecule has 1 N–H and O–H groups in total. The van der Waals surface area contributed by atoms with Gasteiger partial charge in [-0.15, -0.1) is 11.3 Å². The average Bonchev–Trinajstić information content (AvgIpc) is 2.74. The van der Waals surface area contributed by atoms with Crippen LogP contribution < -0.4 is 4.72 Å². The lowest BCUT2D eigenvalue weighted by Gasteiger charge is -2.06. The van der Waals surface area contributed by atoms with Crippen molar-refractivity contribution in [2.75, 3.05) is 4.72 Å². The third-order valence-corrected chi connectivity index (χ3v) is 6.09. The van der Waals surface area contributed by atoms with Gasteiger partial charge in [0, 0.05) is 17.6 Å². The highest BCUT2D eigenvalue weighted by molar-refractivity contribution is 9.10. The standard InChI is InChI=1S/C9H10BrN3O2S2/c1-6-5-8(13(2)11-6)12-17(14,15)9-7(10)3-4-16-9/h3-5,12H,1-2H3. The number of hydrogen-bond acceptors (Lipinski definition) is 4. The first-order valence-electron chi connectivity index (χ1n) is 4.66. The molecule has 0 aliphatic heterocycles. The van der Waals surface area contributed by atoms with Crippen LogP contribution in [0.1, 0.15) is 5.69 Å². The summed E-state index contributed by atoms with van der Waals surface area (Å²) in [5.74, 6) is 0.447. The van der Waals surface area contributed by atoms with Gasteiger partial charge in [-0.05, 0) is 34.3 Å². The van der Waals surface area contributed by atoms with Crippen LogP contribution in [-0.4, -0.2) is 18.2 Å². The molecule has 8 heteroatoms. The van der Waals surface area contributed by atoms with Crippen LogP contribution in [0.5, 0.6) is 0 Å². The predicted molar refractivity (Wildman–Crippen MR) is 70.8 cm³/mol. The lowest BCUT2D eigenvalue weighted by atomic mass is 10.5. The fourth-order valence-electron chi connectivity index (χ4n) is 1.36. The van der Waals surface area contributed by atoms with Gasteiger partial charge in [0.25, 0.3) is 10.0 Å². The zero-order valence-corrected chi connectivity index (χ0v) is 12.4. The lowest BCUT2D eigenvalue weighted by molar-refractivity contribution is 0.602. The fourth-order valence-corrected chi connectivity index (χ4v) is 4.78. The highest BCUT2D eigenvalue weighted by atomic mass is 79.9. The topological polar surface area (TPSA) is 64.0 Å². The van der Waals surface area contributed by atoms with Crippen LogP contribution in [0, 0.1) is 6.92 Å². The van der Waals surface area contributed by atoms with E-state index >= 15 is 0 Å². The van der Waals surface area contributed by atoms with Gasteiger partial charge in [0.1, 0.15) is 5.82 Å². The van der Waals surface area contributed by atoms with Gasteiger partial charge in [0.05, 0.1) is 5.69 Å². The maximum atomic E-state index is 12.1. The normalized spacial score (nSPS) is 11.7. The molecule has 0 fully saturated rings. The monoisotopic (exact) mass is 335 g/mol. The number of aromatic nitrogens is 2. The quantitative estimate of drug-likeness (QED) is 0.936. The molecule has 0 unspecified atom stereocenters. The maximum Gasteiger partial charge on any atom is 0.273 e. The summed E-state index contributed by atoms with van der Waals surface area (Å²) in [4.78, 5) is 0. The van der Waals surface area contributed by atoms with Crippen molar-refractivity contribution in [2.24, 2.45) is 7.05 Å². The number of thiophene rings is 1. The Labute approximate surface area is 112 Å². The van der Waals surface area contributed by atoms with Crippen LogP contribution in [0.15, 0.2) is 26.2 Å². The van der Waals surface area contributed by atoms with Crippen molar-refractivity contribution in [3.8, 4) is 0 Å². The second-order valence-electron chi connectivity index (χ2n) is 3.46. The van der Waals surface area contributed by atoms with Gasteiger partial charge >= 0.3 is 0 Å². The van der Waals surface area contributed by atoms with Crippen LogP contribution in [0.3, 0.4) is 0 Å². The molecule has 0 bridgehead atoms. The van der Waals surface area contributed by atoms with Crippen molar-refractivity contribution in [1.29, 1.82) is 0 Å². The summed E-state index contributed by atoms with van der Waals surface area (Å²) in [5, 5.41) is 5.80. The van der Waals surface area contributed by atoms with E-state index in [4.69, 9.17) is 0 Å². The Kier molecular flexibility index (Phi) is 3.28. The molecule has 0 saturated carbocycles. The Morgan fingerprint density at radius 3 is 2.71 bits per heavy atom. The third kappa shape index (κ3) is 2.53. The minimum atomic E-state index is -3.55. The van der Waals surface area contributed by atoms with E-state index in [1.807, 2.05) is 0 Å². The second-order valence-corrected chi connectivity index (χ2v) is 7.10. The largest absolute Gasteiger partial charge is 0.273 e. The van der Waals surface area contributed by atoms with Crippen LogP contribution >= 0.6 is 27.3 Å². The molecule has 5 nitrogen and oxygen atoms in total. The average molecular weight is 336 g/mol. The van der Waals surface area contributed by atoms with E-state index in [1.54, 1.807) is 31.5 Å². The van der Waals surface area contributed by atoms with Crippen molar-refractivity contribution in [3.05, 3.63) is 27.7 Å². The van der Waals surface area contributed by atoms with E-state index in [0.717, 1.165) is 17.0 Å². The van der Waals surface area contributed by atoms with Crippen molar-refractivity contribution in [3.63, 3.8) is 0 Å². The summed E-state index contributed by atoms with van der Waals surface area (Å²) < 4.78 is 29.0. The molecule has 92 valence electrons. The van der Waals surface area contributed by atoms with E-state index in [2.05, 4.69) is 25.8 Å². The number of sulfonamides is 1. The van der Waals surface area contributed by atoms with Crippen LogP contribution in [0.4, 0.5) is 5.82 Å². The minimum Gasteiger partial charge on any atom is -0.263 e. The summed E-state index contributed by atoms with van der Waals surface area (Å²) >= 11 is 4.37. The van der Waals surface area contributed by atoms with E-state index < -0.39 is 10.0 Å². The molecule has 0 atom stereocenters. The first-order chi connectivity index (χ1) is 7.90. The van der Waals surface area contributed by atoms with Crippen molar-refractivity contribution >= 4 is 43.1 Å². The van der Waals surface area contributed by atoms with E-state index in [0.29, 0.717) is 10.3 Å². The van der Waals surface area contributed by atoms with Gasteiger partial charge in [0.2, 0.25) is 0 Å². The Bertz CT molecular complexity index is 645. The van der Waals surface area contributed by atoms with Crippen LogP contribution in [-0.2, 0) is 17.1 Å². The molecule has 0 aromatic carbocycles. The Morgan fingerprint density at radius 1 is 1.53 bits per heavy atom.